The number of hydrogen-bond donors (Lipinski definition) is 2. The lowest BCUT2D eigenvalue weighted by Crippen LogP contribution is -2.25. The third-order valence-electron chi connectivity index (χ3n) is 3.89. The number of amides is 1. The van der Waals surface area contributed by atoms with Crippen molar-refractivity contribution in [3.8, 4) is 0 Å². The van der Waals surface area contributed by atoms with E-state index in [9.17, 15) is 13.2 Å². The summed E-state index contributed by atoms with van der Waals surface area (Å²) in [4.78, 5) is 12.7. The Morgan fingerprint density at radius 1 is 0.893 bits per heavy atom. The number of para-hydroxylation sites is 1. The first-order valence-electron chi connectivity index (χ1n) is 8.26. The fourth-order valence-electron chi connectivity index (χ4n) is 2.53. The molecular weight excluding hydrogens is 508 g/mol. The van der Waals surface area contributed by atoms with Crippen LogP contribution in [0.2, 0.25) is 0 Å². The van der Waals surface area contributed by atoms with Crippen LogP contribution < -0.4 is 10.0 Å². The fourth-order valence-corrected chi connectivity index (χ4v) is 5.11. The van der Waals surface area contributed by atoms with Crippen LogP contribution in [0.3, 0.4) is 0 Å². The Hall–Kier alpha value is -2.16. The lowest BCUT2D eigenvalue weighted by atomic mass is 10.1. The highest BCUT2D eigenvalue weighted by atomic mass is 79.9. The number of benzene rings is 3. The maximum absolute atomic E-state index is 12.8. The number of sulfonamides is 1. The Morgan fingerprint density at radius 2 is 1.57 bits per heavy atom. The van der Waals surface area contributed by atoms with Gasteiger partial charge in [-0.3, -0.25) is 9.52 Å². The molecule has 3 aromatic carbocycles. The molecule has 3 aromatic rings. The predicted octanol–water partition coefficient (Wildman–Crippen LogP) is 4.94. The molecule has 0 radical (unpaired) electrons. The Morgan fingerprint density at radius 3 is 2.32 bits per heavy atom. The van der Waals surface area contributed by atoms with Gasteiger partial charge in [0.05, 0.1) is 11.3 Å². The first-order valence-corrected chi connectivity index (χ1v) is 11.3. The minimum Gasteiger partial charge on any atom is -0.348 e. The molecule has 0 unspecified atom stereocenters. The molecule has 0 atom stereocenters. The molecule has 0 spiro atoms. The van der Waals surface area contributed by atoms with E-state index in [1.165, 1.54) is 6.07 Å². The van der Waals surface area contributed by atoms with Crippen LogP contribution in [0.4, 0.5) is 5.69 Å². The summed E-state index contributed by atoms with van der Waals surface area (Å²) in [6, 6.07) is 20.8. The van der Waals surface area contributed by atoms with Gasteiger partial charge in [0.2, 0.25) is 0 Å². The van der Waals surface area contributed by atoms with Gasteiger partial charge in [-0.15, -0.1) is 0 Å². The standard InChI is InChI=1S/C20H16Br2N2O3S/c21-15-10-11-17(22)19(12-15)28(26,27)24-18-9-5-4-8-16(18)20(25)23-13-14-6-2-1-3-7-14/h1-12,24H,13H2,(H,23,25). The van der Waals surface area contributed by atoms with Crippen LogP contribution >= 0.6 is 31.9 Å². The molecule has 0 heterocycles. The smallest absolute Gasteiger partial charge is 0.263 e. The molecule has 0 saturated carbocycles. The maximum atomic E-state index is 12.8. The number of carbonyl (C=O) groups excluding carboxylic acids is 1. The highest BCUT2D eigenvalue weighted by Crippen LogP contribution is 2.28. The van der Waals surface area contributed by atoms with Crippen molar-refractivity contribution < 1.29 is 13.2 Å². The molecule has 0 saturated heterocycles. The monoisotopic (exact) mass is 522 g/mol. The fraction of sp³-hybridized carbons (Fsp3) is 0.0500. The summed E-state index contributed by atoms with van der Waals surface area (Å²) in [5.41, 5.74) is 1.40. The molecule has 28 heavy (non-hydrogen) atoms. The second-order valence-corrected chi connectivity index (χ2v) is 9.31. The van der Waals surface area contributed by atoms with Gasteiger partial charge in [0, 0.05) is 15.5 Å². The number of hydrogen-bond acceptors (Lipinski definition) is 3. The van der Waals surface area contributed by atoms with E-state index >= 15 is 0 Å². The van der Waals surface area contributed by atoms with E-state index in [1.807, 2.05) is 30.3 Å². The number of anilines is 1. The first kappa shape index (κ1) is 20.6. The first-order chi connectivity index (χ1) is 13.4. The average molecular weight is 524 g/mol. The third-order valence-corrected chi connectivity index (χ3v) is 6.75. The minimum absolute atomic E-state index is 0.0707. The highest BCUT2D eigenvalue weighted by molar-refractivity contribution is 9.11. The van der Waals surface area contributed by atoms with E-state index < -0.39 is 10.0 Å². The van der Waals surface area contributed by atoms with Crippen molar-refractivity contribution >= 4 is 53.5 Å². The van der Waals surface area contributed by atoms with E-state index in [-0.39, 0.29) is 22.1 Å². The second kappa shape index (κ2) is 8.89. The Kier molecular flexibility index (Phi) is 6.53. The number of nitrogens with one attached hydrogen (secondary N) is 2. The van der Waals surface area contributed by atoms with E-state index in [1.54, 1.807) is 36.4 Å². The maximum Gasteiger partial charge on any atom is 0.263 e. The molecule has 144 valence electrons. The molecule has 0 aliphatic carbocycles. The van der Waals surface area contributed by atoms with Crippen molar-refractivity contribution in [2.45, 2.75) is 11.4 Å². The number of carbonyl (C=O) groups is 1. The summed E-state index contributed by atoms with van der Waals surface area (Å²) in [6.07, 6.45) is 0. The molecule has 0 fully saturated rings. The molecule has 5 nitrogen and oxygen atoms in total. The van der Waals surface area contributed by atoms with Crippen molar-refractivity contribution in [1.29, 1.82) is 0 Å². The van der Waals surface area contributed by atoms with Crippen LogP contribution in [0.25, 0.3) is 0 Å². The summed E-state index contributed by atoms with van der Waals surface area (Å²) in [7, 11) is -3.90. The van der Waals surface area contributed by atoms with Crippen molar-refractivity contribution in [2.24, 2.45) is 0 Å². The summed E-state index contributed by atoms with van der Waals surface area (Å²) in [6.45, 7) is 0.345. The lowest BCUT2D eigenvalue weighted by Gasteiger charge is -2.14. The SMILES string of the molecule is O=C(NCc1ccccc1)c1ccccc1NS(=O)(=O)c1cc(Br)ccc1Br. The minimum atomic E-state index is -3.90. The normalized spacial score (nSPS) is 11.1. The van der Waals surface area contributed by atoms with Crippen LogP contribution in [-0.2, 0) is 16.6 Å². The van der Waals surface area contributed by atoms with Crippen molar-refractivity contribution in [3.05, 3.63) is 92.9 Å². The van der Waals surface area contributed by atoms with E-state index in [4.69, 9.17) is 0 Å². The predicted molar refractivity (Wildman–Crippen MR) is 117 cm³/mol. The quantitative estimate of drug-likeness (QED) is 0.480. The van der Waals surface area contributed by atoms with Crippen molar-refractivity contribution in [3.63, 3.8) is 0 Å². The van der Waals surface area contributed by atoms with Crippen molar-refractivity contribution in [1.82, 2.24) is 5.32 Å². The van der Waals surface area contributed by atoms with Crippen LogP contribution in [-0.4, -0.2) is 14.3 Å². The zero-order valence-corrected chi connectivity index (χ0v) is 18.5. The number of rotatable bonds is 6. The summed E-state index contributed by atoms with van der Waals surface area (Å²) >= 11 is 6.54. The van der Waals surface area contributed by atoms with Crippen LogP contribution in [0.5, 0.6) is 0 Å². The van der Waals surface area contributed by atoms with E-state index in [2.05, 4.69) is 41.9 Å². The zero-order chi connectivity index (χ0) is 20.1. The Labute approximate surface area is 180 Å². The molecule has 0 aromatic heterocycles. The molecular formula is C20H16Br2N2O3S. The summed E-state index contributed by atoms with van der Waals surface area (Å²) in [5, 5.41) is 2.81. The molecule has 0 aliphatic rings. The molecule has 8 heteroatoms. The average Bonchev–Trinajstić information content (AvgIpc) is 2.69. The number of halogens is 2. The van der Waals surface area contributed by atoms with Crippen LogP contribution in [0.1, 0.15) is 15.9 Å². The molecule has 2 N–H and O–H groups in total. The van der Waals surface area contributed by atoms with Gasteiger partial charge in [0.25, 0.3) is 15.9 Å². The largest absolute Gasteiger partial charge is 0.348 e. The van der Waals surface area contributed by atoms with Gasteiger partial charge in [-0.1, -0.05) is 58.4 Å². The Balaban J connectivity index is 1.83. The zero-order valence-electron chi connectivity index (χ0n) is 14.5. The van der Waals surface area contributed by atoms with Gasteiger partial charge in [-0.05, 0) is 51.8 Å². The van der Waals surface area contributed by atoms with Gasteiger partial charge in [0.1, 0.15) is 4.90 Å². The highest BCUT2D eigenvalue weighted by Gasteiger charge is 2.21. The van der Waals surface area contributed by atoms with Gasteiger partial charge in [0.15, 0.2) is 0 Å². The molecule has 3 rings (SSSR count). The molecule has 1 amide bonds. The van der Waals surface area contributed by atoms with E-state index in [0.29, 0.717) is 15.5 Å². The van der Waals surface area contributed by atoms with Crippen LogP contribution in [0, 0.1) is 0 Å². The second-order valence-electron chi connectivity index (χ2n) is 5.89. The lowest BCUT2D eigenvalue weighted by molar-refractivity contribution is 0.0952. The van der Waals surface area contributed by atoms with Gasteiger partial charge in [-0.2, -0.15) is 0 Å². The van der Waals surface area contributed by atoms with Gasteiger partial charge >= 0.3 is 0 Å². The summed E-state index contributed by atoms with van der Waals surface area (Å²) < 4.78 is 29.2. The molecule has 0 aliphatic heterocycles. The van der Waals surface area contributed by atoms with Crippen molar-refractivity contribution in [2.75, 3.05) is 4.72 Å². The Bertz CT molecular complexity index is 1100. The third kappa shape index (κ3) is 5.01. The molecule has 0 bridgehead atoms. The van der Waals surface area contributed by atoms with Gasteiger partial charge in [-0.25, -0.2) is 8.42 Å². The van der Waals surface area contributed by atoms with Gasteiger partial charge < -0.3 is 5.32 Å². The topological polar surface area (TPSA) is 75.3 Å². The van der Waals surface area contributed by atoms with Crippen LogP contribution in [0.15, 0.2) is 86.6 Å². The summed E-state index contributed by atoms with van der Waals surface area (Å²) in [5.74, 6) is -0.365. The van der Waals surface area contributed by atoms with E-state index in [0.717, 1.165) is 5.56 Å².